The number of carbonyl (C=O) groups excluding carboxylic acids is 1. The van der Waals surface area contributed by atoms with E-state index in [-0.39, 0.29) is 29.2 Å². The van der Waals surface area contributed by atoms with Crippen LogP contribution in [0.2, 0.25) is 0 Å². The van der Waals surface area contributed by atoms with Crippen molar-refractivity contribution in [3.05, 3.63) is 29.3 Å². The number of carbonyl (C=O) groups is 2. The molecular formula is C29H41N3O5S3. The highest BCUT2D eigenvalue weighted by Crippen LogP contribution is 2.45. The number of phenols is 1. The number of rotatable bonds is 11. The van der Waals surface area contributed by atoms with Gasteiger partial charge < -0.3 is 14.9 Å². The van der Waals surface area contributed by atoms with Crippen molar-refractivity contribution in [1.82, 2.24) is 4.90 Å². The van der Waals surface area contributed by atoms with Gasteiger partial charge in [-0.05, 0) is 38.4 Å². The predicted molar refractivity (Wildman–Crippen MR) is 167 cm³/mol. The standard InChI is InChI=1S/C29H41N3O5S3/c1-7-8-9-11-18-12-10-13-21(34)22(18)24-30-19(14-38-24)25-32(6)20(15-39-25)23(37-17(2)33)28(3,4)26-31-29(5,16-40-26)27(35)36/h10,12-13,19-20,23,25,34H,7-9,11,14-16H2,1-6H3,(H,35,36). The molecule has 1 aromatic carbocycles. The lowest BCUT2D eigenvalue weighted by Crippen LogP contribution is -2.53. The summed E-state index contributed by atoms with van der Waals surface area (Å²) in [7, 11) is 2.06. The lowest BCUT2D eigenvalue weighted by Gasteiger charge is -2.40. The van der Waals surface area contributed by atoms with Gasteiger partial charge >= 0.3 is 11.9 Å². The van der Waals surface area contributed by atoms with Crippen LogP contribution in [0.15, 0.2) is 28.2 Å². The van der Waals surface area contributed by atoms with E-state index in [1.54, 1.807) is 24.8 Å². The van der Waals surface area contributed by atoms with Gasteiger partial charge in [0.2, 0.25) is 0 Å². The van der Waals surface area contributed by atoms with E-state index < -0.39 is 23.0 Å². The molecule has 0 saturated carbocycles. The summed E-state index contributed by atoms with van der Waals surface area (Å²) in [6.07, 6.45) is 3.80. The van der Waals surface area contributed by atoms with E-state index in [1.807, 2.05) is 31.7 Å². The smallest absolute Gasteiger partial charge is 0.332 e. The predicted octanol–water partition coefficient (Wildman–Crippen LogP) is 5.31. The number of hydrogen-bond acceptors (Lipinski definition) is 10. The molecule has 5 unspecified atom stereocenters. The number of unbranched alkanes of at least 4 members (excludes halogenated alkanes) is 2. The number of hydrogen-bond donors (Lipinski definition) is 2. The first-order chi connectivity index (χ1) is 18.9. The summed E-state index contributed by atoms with van der Waals surface area (Å²) in [5.41, 5.74) is 0.164. The van der Waals surface area contributed by atoms with E-state index in [1.165, 1.54) is 18.7 Å². The van der Waals surface area contributed by atoms with Gasteiger partial charge in [-0.3, -0.25) is 19.7 Å². The van der Waals surface area contributed by atoms with E-state index in [2.05, 4.69) is 29.9 Å². The van der Waals surface area contributed by atoms with Gasteiger partial charge in [-0.25, -0.2) is 4.79 Å². The Labute approximate surface area is 250 Å². The number of carboxylic acid groups (broad SMARTS) is 1. The number of phenolic OH excluding ortho intramolecular Hbond substituents is 1. The fourth-order valence-electron chi connectivity index (χ4n) is 5.53. The molecule has 3 aliphatic rings. The number of aliphatic imine (C=N–C) groups is 2. The van der Waals surface area contributed by atoms with Crippen LogP contribution in [-0.4, -0.2) is 90.5 Å². The minimum Gasteiger partial charge on any atom is -0.507 e. The molecule has 0 bridgehead atoms. The molecule has 8 nitrogen and oxygen atoms in total. The van der Waals surface area contributed by atoms with E-state index in [0.29, 0.717) is 10.8 Å². The summed E-state index contributed by atoms with van der Waals surface area (Å²) in [4.78, 5) is 36.1. The number of benzene rings is 1. The number of aliphatic carboxylic acids is 1. The van der Waals surface area contributed by atoms with Crippen LogP contribution < -0.4 is 0 Å². The highest BCUT2D eigenvalue weighted by atomic mass is 32.2. The first-order valence-electron chi connectivity index (χ1n) is 13.9. The summed E-state index contributed by atoms with van der Waals surface area (Å²) in [6, 6.07) is 5.68. The van der Waals surface area contributed by atoms with Crippen LogP contribution in [0.1, 0.15) is 65.0 Å². The Hall–Kier alpha value is -1.69. The van der Waals surface area contributed by atoms with Gasteiger partial charge in [-0.2, -0.15) is 0 Å². The zero-order chi connectivity index (χ0) is 29.2. The van der Waals surface area contributed by atoms with Gasteiger partial charge in [0, 0.05) is 24.2 Å². The molecular weight excluding hydrogens is 567 g/mol. The van der Waals surface area contributed by atoms with Crippen LogP contribution in [0.4, 0.5) is 0 Å². The molecule has 1 saturated heterocycles. The van der Waals surface area contributed by atoms with Crippen LogP contribution in [0, 0.1) is 5.41 Å². The zero-order valence-electron chi connectivity index (χ0n) is 24.2. The Morgan fingerprint density at radius 1 is 1.25 bits per heavy atom. The summed E-state index contributed by atoms with van der Waals surface area (Å²) in [5.74, 6) is 0.890. The Bertz CT molecular complexity index is 1190. The molecule has 4 rings (SSSR count). The van der Waals surface area contributed by atoms with Gasteiger partial charge in [-0.15, -0.1) is 35.3 Å². The molecule has 40 heavy (non-hydrogen) atoms. The fraction of sp³-hybridized carbons (Fsp3) is 0.655. The van der Waals surface area contributed by atoms with Gasteiger partial charge in [-0.1, -0.05) is 45.7 Å². The molecule has 0 spiro atoms. The molecule has 3 aliphatic heterocycles. The number of likely N-dealkylation sites (N-methyl/N-ethyl adjacent to an activating group) is 1. The van der Waals surface area contributed by atoms with E-state index >= 15 is 0 Å². The SMILES string of the molecule is CCCCCc1cccc(O)c1C1=NC(C2SCC(C(OC(C)=O)C(C)(C)C3=NC(C)(C(=O)O)CS3)N2C)CS1. The molecule has 0 amide bonds. The van der Waals surface area contributed by atoms with Gasteiger partial charge in [0.15, 0.2) is 5.54 Å². The second kappa shape index (κ2) is 12.7. The Kier molecular flexibility index (Phi) is 9.90. The molecule has 0 radical (unpaired) electrons. The number of carboxylic acids is 1. The molecule has 5 atom stereocenters. The van der Waals surface area contributed by atoms with E-state index in [4.69, 9.17) is 9.73 Å². The molecule has 0 aromatic heterocycles. The van der Waals surface area contributed by atoms with Crippen molar-refractivity contribution >= 4 is 57.3 Å². The van der Waals surface area contributed by atoms with Gasteiger partial charge in [0.1, 0.15) is 16.9 Å². The molecule has 11 heteroatoms. The largest absolute Gasteiger partial charge is 0.507 e. The average molecular weight is 608 g/mol. The zero-order valence-corrected chi connectivity index (χ0v) is 26.6. The van der Waals surface area contributed by atoms with E-state index in [0.717, 1.165) is 53.4 Å². The Morgan fingerprint density at radius 3 is 2.65 bits per heavy atom. The maximum atomic E-state index is 12.3. The monoisotopic (exact) mass is 607 g/mol. The van der Waals surface area contributed by atoms with Crippen molar-refractivity contribution in [3.8, 4) is 5.75 Å². The van der Waals surface area contributed by atoms with Crippen LogP contribution in [-0.2, 0) is 20.7 Å². The number of nitrogens with zero attached hydrogens (tertiary/aromatic N) is 3. The summed E-state index contributed by atoms with van der Waals surface area (Å²) >= 11 is 4.94. The van der Waals surface area contributed by atoms with Crippen molar-refractivity contribution < 1.29 is 24.5 Å². The third-order valence-electron chi connectivity index (χ3n) is 7.96. The van der Waals surface area contributed by atoms with Crippen molar-refractivity contribution in [1.29, 1.82) is 0 Å². The summed E-state index contributed by atoms with van der Waals surface area (Å²) in [6.45, 7) is 9.22. The summed E-state index contributed by atoms with van der Waals surface area (Å²) in [5, 5.41) is 22.1. The second-order valence-corrected chi connectivity index (χ2v) is 14.7. The number of ether oxygens (including phenoxy) is 1. The lowest BCUT2D eigenvalue weighted by atomic mass is 9.82. The maximum absolute atomic E-state index is 12.3. The normalized spacial score (nSPS) is 27.9. The quantitative estimate of drug-likeness (QED) is 0.255. The first-order valence-corrected chi connectivity index (χ1v) is 16.9. The molecule has 220 valence electrons. The number of aryl methyl sites for hydroxylation is 1. The highest BCUT2D eigenvalue weighted by Gasteiger charge is 2.52. The first kappa shape index (κ1) is 31.3. The molecule has 2 N–H and O–H groups in total. The maximum Gasteiger partial charge on any atom is 0.332 e. The minimum absolute atomic E-state index is 0.0256. The Morgan fingerprint density at radius 2 is 2.00 bits per heavy atom. The van der Waals surface area contributed by atoms with Gasteiger partial charge in [0.25, 0.3) is 0 Å². The topological polar surface area (TPSA) is 112 Å². The number of thioether (sulfide) groups is 3. The van der Waals surface area contributed by atoms with Crippen molar-refractivity contribution in [2.45, 2.75) is 89.4 Å². The van der Waals surface area contributed by atoms with Crippen LogP contribution >= 0.6 is 35.3 Å². The van der Waals surface area contributed by atoms with Crippen LogP contribution in [0.5, 0.6) is 5.75 Å². The molecule has 0 aliphatic carbocycles. The van der Waals surface area contributed by atoms with Crippen molar-refractivity contribution in [2.24, 2.45) is 15.4 Å². The average Bonchev–Trinajstić information content (AvgIpc) is 3.62. The van der Waals surface area contributed by atoms with Crippen LogP contribution in [0.25, 0.3) is 0 Å². The second-order valence-electron chi connectivity index (χ2n) is 11.6. The lowest BCUT2D eigenvalue weighted by molar-refractivity contribution is -0.154. The van der Waals surface area contributed by atoms with Gasteiger partial charge in [0.05, 0.1) is 33.5 Å². The fourth-order valence-corrected chi connectivity index (χ4v) is 9.76. The van der Waals surface area contributed by atoms with Crippen molar-refractivity contribution in [3.63, 3.8) is 0 Å². The third kappa shape index (κ3) is 6.37. The number of esters is 1. The number of aromatic hydroxyl groups is 1. The van der Waals surface area contributed by atoms with E-state index in [9.17, 15) is 19.8 Å². The van der Waals surface area contributed by atoms with Crippen molar-refractivity contribution in [2.75, 3.05) is 24.3 Å². The molecule has 1 aromatic rings. The molecule has 3 heterocycles. The molecule has 1 fully saturated rings. The van der Waals surface area contributed by atoms with Crippen LogP contribution in [0.3, 0.4) is 0 Å². The summed E-state index contributed by atoms with van der Waals surface area (Å²) < 4.78 is 5.98. The minimum atomic E-state index is -1.18. The third-order valence-corrected chi connectivity index (χ3v) is 12.2. The highest BCUT2D eigenvalue weighted by molar-refractivity contribution is 8.15. The Balaban J connectivity index is 1.56.